The van der Waals surface area contributed by atoms with Gasteiger partial charge < -0.3 is 17.8 Å². The summed E-state index contributed by atoms with van der Waals surface area (Å²) in [5, 5.41) is 12.4. The van der Waals surface area contributed by atoms with E-state index in [0.29, 0.717) is 6.54 Å². The van der Waals surface area contributed by atoms with Crippen LogP contribution in [-0.4, -0.2) is 18.7 Å². The first kappa shape index (κ1) is 15.2. The Morgan fingerprint density at radius 2 is 1.85 bits per heavy atom. The molecule has 2 nitrogen and oxygen atoms in total. The van der Waals surface area contributed by atoms with E-state index in [4.69, 9.17) is 0 Å². The molecule has 3 heteroatoms. The molecule has 1 aromatic carbocycles. The Balaban J connectivity index is 0. The molecule has 2 N–H and O–H groups in total. The van der Waals surface area contributed by atoms with E-state index in [2.05, 4.69) is 5.32 Å². The van der Waals surface area contributed by atoms with E-state index >= 15 is 0 Å². The number of aliphatic hydroxyl groups excluding tert-OH is 1. The Morgan fingerprint density at radius 3 is 2.31 bits per heavy atom. The fourth-order valence-corrected chi connectivity index (χ4v) is 0.986. The number of benzene rings is 1. The monoisotopic (exact) mass is 230 g/mol. The van der Waals surface area contributed by atoms with Gasteiger partial charge >= 0.3 is 0 Å². The average Bonchev–Trinajstić information content (AvgIpc) is 2.07. The Bertz CT molecular complexity index is 203. The van der Waals surface area contributed by atoms with E-state index in [0.717, 1.165) is 5.56 Å². The fourth-order valence-electron chi connectivity index (χ4n) is 0.986. The number of likely N-dealkylation sites (N-methyl/N-ethyl adjacent to an activating group) is 1. The van der Waals surface area contributed by atoms with Crippen LogP contribution in [0.1, 0.15) is 11.7 Å². The molecule has 0 aromatic heterocycles. The minimum Gasteiger partial charge on any atom is -0.387 e. The topological polar surface area (TPSA) is 32.3 Å². The predicted molar refractivity (Wildman–Crippen MR) is 51.7 cm³/mol. The first-order valence-electron chi connectivity index (χ1n) is 3.72. The van der Waals surface area contributed by atoms with Gasteiger partial charge in [0, 0.05) is 26.0 Å². The van der Waals surface area contributed by atoms with E-state index in [-0.39, 0.29) is 33.0 Å². The van der Waals surface area contributed by atoms with Crippen molar-refractivity contribution in [2.45, 2.75) is 6.10 Å². The van der Waals surface area contributed by atoms with Crippen molar-refractivity contribution >= 4 is 0 Å². The van der Waals surface area contributed by atoms with Crippen LogP contribution >= 0.6 is 0 Å². The third-order valence-corrected chi connectivity index (χ3v) is 1.58. The summed E-state index contributed by atoms with van der Waals surface area (Å²) >= 11 is 0. The molecule has 0 fully saturated rings. The zero-order valence-corrected chi connectivity index (χ0v) is 11.3. The first-order valence-corrected chi connectivity index (χ1v) is 3.72. The Labute approximate surface area is 93.1 Å². The molecule has 1 unspecified atom stereocenters. The second kappa shape index (κ2) is 8.37. The van der Waals surface area contributed by atoms with Crippen LogP contribution in [0, 0.1) is 7.43 Å². The van der Waals surface area contributed by atoms with Gasteiger partial charge in [-0.25, -0.2) is 0 Å². The molecule has 0 saturated carbocycles. The molecule has 1 aromatic rings. The van der Waals surface area contributed by atoms with Crippen molar-refractivity contribution in [2.75, 3.05) is 13.6 Å². The van der Waals surface area contributed by atoms with Gasteiger partial charge in [-0.2, -0.15) is 0 Å². The van der Waals surface area contributed by atoms with Crippen molar-refractivity contribution in [3.05, 3.63) is 43.3 Å². The molecule has 13 heavy (non-hydrogen) atoms. The zero-order valence-electron chi connectivity index (χ0n) is 8.33. The van der Waals surface area contributed by atoms with Gasteiger partial charge in [0.05, 0.1) is 6.10 Å². The van der Waals surface area contributed by atoms with Gasteiger partial charge in [-0.05, 0) is 12.6 Å². The second-order valence-electron chi connectivity index (χ2n) is 2.48. The molecule has 0 amide bonds. The van der Waals surface area contributed by atoms with Crippen LogP contribution in [0.4, 0.5) is 0 Å². The largest absolute Gasteiger partial charge is 0.387 e. The Morgan fingerprint density at radius 1 is 1.31 bits per heavy atom. The maximum Gasteiger partial charge on any atom is 0.0914 e. The second-order valence-corrected chi connectivity index (χ2v) is 2.48. The molecule has 0 aliphatic carbocycles. The summed E-state index contributed by atoms with van der Waals surface area (Å²) in [4.78, 5) is 0. The van der Waals surface area contributed by atoms with Crippen LogP contribution in [0.15, 0.2) is 30.3 Å². The summed E-state index contributed by atoms with van der Waals surface area (Å²) < 4.78 is 0. The number of hydrogen-bond donors (Lipinski definition) is 2. The van der Waals surface area contributed by atoms with Crippen LogP contribution < -0.4 is 5.32 Å². The number of aliphatic hydroxyl groups is 1. The van der Waals surface area contributed by atoms with E-state index in [1.54, 1.807) is 0 Å². The zero-order chi connectivity index (χ0) is 8.10. The fraction of sp³-hybridized carbons (Fsp3) is 0.300. The average molecular weight is 232 g/mol. The van der Waals surface area contributed by atoms with Gasteiger partial charge in [0.1, 0.15) is 0 Å². The van der Waals surface area contributed by atoms with Gasteiger partial charge in [0.15, 0.2) is 0 Å². The third kappa shape index (κ3) is 5.14. The molecule has 1 atom stereocenters. The van der Waals surface area contributed by atoms with Crippen molar-refractivity contribution in [3.63, 3.8) is 0 Å². The molecule has 1 rings (SSSR count). The molecule has 70 valence electrons. The van der Waals surface area contributed by atoms with Crippen LogP contribution in [0.2, 0.25) is 0 Å². The summed E-state index contributed by atoms with van der Waals surface area (Å²) in [6.45, 7) is 0.601. The third-order valence-electron chi connectivity index (χ3n) is 1.58. The predicted octanol–water partition coefficient (Wildman–Crippen LogP) is 1.39. The van der Waals surface area contributed by atoms with Gasteiger partial charge in [-0.1, -0.05) is 30.3 Å². The van der Waals surface area contributed by atoms with Crippen molar-refractivity contribution in [3.8, 4) is 0 Å². The van der Waals surface area contributed by atoms with Crippen molar-refractivity contribution < 1.29 is 24.6 Å². The number of hydrogen-bond acceptors (Lipinski definition) is 2. The van der Waals surface area contributed by atoms with E-state index in [1.807, 2.05) is 37.4 Å². The molecular weight excluding hydrogens is 216 g/mol. The minimum atomic E-state index is -0.388. The molecule has 0 aliphatic heterocycles. The van der Waals surface area contributed by atoms with Gasteiger partial charge in [0.2, 0.25) is 0 Å². The maximum absolute atomic E-state index is 9.46. The standard InChI is InChI=1S/C9H13NO.CH3.Zn/c1-10-7-9(11)8-5-3-2-4-6-8;;/h2-6,9-11H,7H2,1H3;1H3;/q;-1;. The maximum atomic E-state index is 9.46. The molecule has 0 bridgehead atoms. The van der Waals surface area contributed by atoms with Gasteiger partial charge in [-0.15, -0.1) is 0 Å². The van der Waals surface area contributed by atoms with E-state index in [1.165, 1.54) is 0 Å². The minimum absolute atomic E-state index is 0. The van der Waals surface area contributed by atoms with Crippen LogP contribution in [0.5, 0.6) is 0 Å². The van der Waals surface area contributed by atoms with Crippen molar-refractivity contribution in [1.29, 1.82) is 0 Å². The summed E-state index contributed by atoms with van der Waals surface area (Å²) in [7, 11) is 1.83. The SMILES string of the molecule is CNCC(O)c1ccccc1.[CH3-].[Zn]. The summed E-state index contributed by atoms with van der Waals surface area (Å²) in [5.41, 5.74) is 0.960. The Kier molecular flexibility index (Phi) is 9.81. The summed E-state index contributed by atoms with van der Waals surface area (Å²) in [6, 6.07) is 9.63. The quantitative estimate of drug-likeness (QED) is 0.609. The number of rotatable bonds is 3. The van der Waals surface area contributed by atoms with E-state index in [9.17, 15) is 5.11 Å². The van der Waals surface area contributed by atoms with Crippen molar-refractivity contribution in [2.24, 2.45) is 0 Å². The summed E-state index contributed by atoms with van der Waals surface area (Å²) in [6.07, 6.45) is -0.388. The van der Waals surface area contributed by atoms with Crippen molar-refractivity contribution in [1.82, 2.24) is 5.32 Å². The van der Waals surface area contributed by atoms with Gasteiger partial charge in [-0.3, -0.25) is 0 Å². The number of nitrogens with one attached hydrogen (secondary N) is 1. The van der Waals surface area contributed by atoms with Crippen LogP contribution in [-0.2, 0) is 19.5 Å². The first-order chi connectivity index (χ1) is 5.34. The molecular formula is C10H16NOZn-. The van der Waals surface area contributed by atoms with E-state index < -0.39 is 0 Å². The smallest absolute Gasteiger partial charge is 0.0914 e. The molecule has 0 saturated heterocycles. The molecule has 0 aliphatic rings. The normalized spacial score (nSPS) is 10.9. The summed E-state index contributed by atoms with van der Waals surface area (Å²) in [5.74, 6) is 0. The Hall–Kier alpha value is -0.237. The van der Waals surface area contributed by atoms with Crippen LogP contribution in [0.3, 0.4) is 0 Å². The molecule has 0 radical (unpaired) electrons. The van der Waals surface area contributed by atoms with Gasteiger partial charge in [0.25, 0.3) is 0 Å². The molecule has 0 heterocycles. The van der Waals surface area contributed by atoms with Crippen LogP contribution in [0.25, 0.3) is 0 Å². The molecule has 0 spiro atoms.